The van der Waals surface area contributed by atoms with Crippen LogP contribution in [0.1, 0.15) is 22.8 Å². The molecule has 45 heavy (non-hydrogen) atoms. The van der Waals surface area contributed by atoms with Gasteiger partial charge in [-0.05, 0) is 72.1 Å². The second-order valence-corrected chi connectivity index (χ2v) is 12.0. The summed E-state index contributed by atoms with van der Waals surface area (Å²) in [5, 5.41) is 13.4. The summed E-state index contributed by atoms with van der Waals surface area (Å²) in [6.07, 6.45) is -8.65. The molecule has 0 aliphatic heterocycles. The van der Waals surface area contributed by atoms with Crippen molar-refractivity contribution in [3.63, 3.8) is 0 Å². The van der Waals surface area contributed by atoms with E-state index in [1.165, 1.54) is 44.2 Å². The smallest absolute Gasteiger partial charge is 0.440 e. The molecule has 0 bridgehead atoms. The number of sulfone groups is 1. The molecule has 0 saturated heterocycles. The van der Waals surface area contributed by atoms with E-state index in [-0.39, 0.29) is 44.7 Å². The highest BCUT2D eigenvalue weighted by Crippen LogP contribution is 2.40. The average Bonchev–Trinajstić information content (AvgIpc) is 3.54. The number of oxazole rings is 1. The fraction of sp³-hybridized carbons (Fsp3) is 0.200. The number of nitrogens with zero attached hydrogens (tertiary/aromatic N) is 3. The van der Waals surface area contributed by atoms with Crippen molar-refractivity contribution in [2.45, 2.75) is 37.9 Å². The first kappa shape index (κ1) is 31.8. The number of aryl methyl sites for hydroxylation is 2. The van der Waals surface area contributed by atoms with Crippen molar-refractivity contribution in [1.29, 1.82) is 0 Å². The maximum absolute atomic E-state index is 13.6. The highest BCUT2D eigenvalue weighted by atomic mass is 32.2. The van der Waals surface area contributed by atoms with Gasteiger partial charge in [-0.3, -0.25) is 0 Å². The Labute approximate surface area is 252 Å². The molecule has 0 saturated carbocycles. The monoisotopic (exact) mass is 651 g/mol. The Bertz CT molecular complexity index is 2000. The normalized spacial score (nSPS) is 12.5. The first-order valence-corrected chi connectivity index (χ1v) is 14.9. The molecule has 0 fully saturated rings. The van der Waals surface area contributed by atoms with Crippen LogP contribution in [0.15, 0.2) is 76.0 Å². The van der Waals surface area contributed by atoms with Gasteiger partial charge >= 0.3 is 12.5 Å². The number of aliphatic hydroxyl groups is 1. The van der Waals surface area contributed by atoms with Gasteiger partial charge in [0.25, 0.3) is 0 Å². The molecule has 0 spiro atoms. The molecule has 0 atom stereocenters. The molecule has 1 N–H and O–H groups in total. The number of aliphatic hydroxyl groups excluding tert-OH is 1. The van der Waals surface area contributed by atoms with Gasteiger partial charge in [-0.15, -0.1) is 13.2 Å². The lowest BCUT2D eigenvalue weighted by Crippen LogP contribution is -2.16. The van der Waals surface area contributed by atoms with E-state index in [9.17, 15) is 39.9 Å². The zero-order valence-corrected chi connectivity index (χ0v) is 24.5. The number of hydrogen-bond donors (Lipinski definition) is 1. The highest BCUT2D eigenvalue weighted by Gasteiger charge is 2.35. The first-order valence-electron chi connectivity index (χ1n) is 13.0. The van der Waals surface area contributed by atoms with E-state index in [2.05, 4.69) is 14.8 Å². The van der Waals surface area contributed by atoms with Crippen LogP contribution in [0.5, 0.6) is 5.75 Å². The number of alkyl halides is 6. The maximum atomic E-state index is 13.6. The van der Waals surface area contributed by atoms with E-state index in [1.54, 1.807) is 18.2 Å². The fourth-order valence-electron chi connectivity index (χ4n) is 4.77. The average molecular weight is 652 g/mol. The lowest BCUT2D eigenvalue weighted by molar-refractivity contribution is -0.274. The zero-order valence-electron chi connectivity index (χ0n) is 23.7. The van der Waals surface area contributed by atoms with Crippen molar-refractivity contribution in [1.82, 2.24) is 14.8 Å². The Hall–Kier alpha value is -4.63. The van der Waals surface area contributed by atoms with Crippen molar-refractivity contribution in [2.24, 2.45) is 0 Å². The van der Waals surface area contributed by atoms with Crippen molar-refractivity contribution in [2.75, 3.05) is 6.26 Å². The van der Waals surface area contributed by atoms with Crippen LogP contribution < -0.4 is 4.74 Å². The fourth-order valence-corrected chi connectivity index (χ4v) is 5.72. The standard InChI is InChI=1S/C30H23F6N3O5S/c1-16-12-26(29(31,32)33)38-39(16)24-11-8-19(20-4-5-21(15-40)25(14-20)45(3,41)42)13-23(24)28-27(37-17(2)43-28)18-6-9-22(10-7-18)44-30(34,35)36/h4-14,40H,15H2,1-3H3. The van der Waals surface area contributed by atoms with E-state index in [0.29, 0.717) is 16.7 Å². The molecule has 0 amide bonds. The molecule has 5 rings (SSSR count). The number of rotatable bonds is 7. The Morgan fingerprint density at radius 1 is 0.889 bits per heavy atom. The second-order valence-electron chi connectivity index (χ2n) is 10.0. The third-order valence-corrected chi connectivity index (χ3v) is 7.89. The van der Waals surface area contributed by atoms with Crippen LogP contribution in [-0.4, -0.2) is 40.9 Å². The summed E-state index contributed by atoms with van der Waals surface area (Å²) in [4.78, 5) is 4.28. The van der Waals surface area contributed by atoms with Crippen LogP contribution >= 0.6 is 0 Å². The molecule has 8 nitrogen and oxygen atoms in total. The lowest BCUT2D eigenvalue weighted by atomic mass is 9.97. The summed E-state index contributed by atoms with van der Waals surface area (Å²) in [5.41, 5.74) is 0.831. The summed E-state index contributed by atoms with van der Waals surface area (Å²) in [6, 6.07) is 14.6. The first-order chi connectivity index (χ1) is 20.9. The van der Waals surface area contributed by atoms with E-state index >= 15 is 0 Å². The zero-order chi connectivity index (χ0) is 32.9. The summed E-state index contributed by atoms with van der Waals surface area (Å²) >= 11 is 0. The maximum Gasteiger partial charge on any atom is 0.573 e. The number of benzene rings is 3. The summed E-state index contributed by atoms with van der Waals surface area (Å²) < 4.78 is 115. The molecule has 3 aromatic carbocycles. The second kappa shape index (κ2) is 11.4. The van der Waals surface area contributed by atoms with Gasteiger partial charge < -0.3 is 14.3 Å². The predicted octanol–water partition coefficient (Wildman–Crippen LogP) is 7.29. The van der Waals surface area contributed by atoms with E-state index in [1.807, 2.05) is 0 Å². The topological polar surface area (TPSA) is 107 Å². The summed E-state index contributed by atoms with van der Waals surface area (Å²) in [7, 11) is -3.75. The molecule has 0 aliphatic rings. The number of ether oxygens (including phenoxy) is 1. The van der Waals surface area contributed by atoms with Gasteiger partial charge in [0.2, 0.25) is 0 Å². The van der Waals surface area contributed by atoms with Crippen LogP contribution in [0.25, 0.3) is 39.4 Å². The summed E-state index contributed by atoms with van der Waals surface area (Å²) in [6.45, 7) is 2.42. The summed E-state index contributed by atoms with van der Waals surface area (Å²) in [5.74, 6) is -0.269. The van der Waals surface area contributed by atoms with E-state index < -0.39 is 40.4 Å². The minimum Gasteiger partial charge on any atom is -0.440 e. The van der Waals surface area contributed by atoms with Crippen molar-refractivity contribution in [3.8, 4) is 45.1 Å². The Morgan fingerprint density at radius 2 is 1.51 bits per heavy atom. The highest BCUT2D eigenvalue weighted by molar-refractivity contribution is 7.90. The molecule has 15 heteroatoms. The van der Waals surface area contributed by atoms with Gasteiger partial charge in [-0.25, -0.2) is 18.1 Å². The van der Waals surface area contributed by atoms with Crippen LogP contribution in [0.2, 0.25) is 0 Å². The minimum atomic E-state index is -4.91. The molecular weight excluding hydrogens is 628 g/mol. The molecule has 0 radical (unpaired) electrons. The molecule has 0 unspecified atom stereocenters. The Morgan fingerprint density at radius 3 is 2.09 bits per heavy atom. The van der Waals surface area contributed by atoms with Crippen LogP contribution in [-0.2, 0) is 22.6 Å². The molecule has 236 valence electrons. The predicted molar refractivity (Wildman–Crippen MR) is 150 cm³/mol. The van der Waals surface area contributed by atoms with Crippen molar-refractivity contribution in [3.05, 3.63) is 89.6 Å². The molecular formula is C30H23F6N3O5S. The largest absolute Gasteiger partial charge is 0.573 e. The van der Waals surface area contributed by atoms with Gasteiger partial charge in [-0.2, -0.15) is 18.3 Å². The number of hydrogen-bond acceptors (Lipinski definition) is 7. The minimum absolute atomic E-state index is 0.0626. The number of aromatic nitrogens is 3. The van der Waals surface area contributed by atoms with Crippen LogP contribution in [0, 0.1) is 13.8 Å². The van der Waals surface area contributed by atoms with Crippen LogP contribution in [0.4, 0.5) is 26.3 Å². The molecule has 2 aromatic heterocycles. The van der Waals surface area contributed by atoms with Gasteiger partial charge in [0.15, 0.2) is 27.2 Å². The molecule has 0 aliphatic carbocycles. The van der Waals surface area contributed by atoms with Crippen molar-refractivity contribution < 1.29 is 49.0 Å². The van der Waals surface area contributed by atoms with Crippen molar-refractivity contribution >= 4 is 9.84 Å². The SMILES string of the molecule is Cc1nc(-c2ccc(OC(F)(F)F)cc2)c(-c2cc(-c3ccc(CO)c(S(C)(=O)=O)c3)ccc2-n2nc(C(F)(F)F)cc2C)o1. The number of halogens is 6. The molecule has 2 heterocycles. The third-order valence-electron chi connectivity index (χ3n) is 6.71. The molecule has 5 aromatic rings. The Kier molecular flexibility index (Phi) is 8.04. The van der Waals surface area contributed by atoms with Gasteiger partial charge in [0.1, 0.15) is 11.4 Å². The van der Waals surface area contributed by atoms with E-state index in [4.69, 9.17) is 4.42 Å². The Balaban J connectivity index is 1.73. The third kappa shape index (κ3) is 6.73. The van der Waals surface area contributed by atoms with E-state index in [0.717, 1.165) is 29.1 Å². The van der Waals surface area contributed by atoms with Gasteiger partial charge in [0, 0.05) is 30.0 Å². The van der Waals surface area contributed by atoms with Gasteiger partial charge in [-0.1, -0.05) is 18.2 Å². The quantitative estimate of drug-likeness (QED) is 0.184. The van der Waals surface area contributed by atoms with Gasteiger partial charge in [0.05, 0.1) is 17.2 Å². The van der Waals surface area contributed by atoms with Crippen LogP contribution in [0.3, 0.4) is 0 Å². The lowest BCUT2D eigenvalue weighted by Gasteiger charge is -2.15.